The van der Waals surface area contributed by atoms with E-state index < -0.39 is 5.84 Å². The molecule has 0 bridgehead atoms. The van der Waals surface area contributed by atoms with Gasteiger partial charge in [0.1, 0.15) is 11.5 Å². The first-order chi connectivity index (χ1) is 12.2. The highest BCUT2D eigenvalue weighted by atomic mass is 35.7. The Morgan fingerprint density at radius 3 is 1.37 bits per heavy atom. The van der Waals surface area contributed by atoms with Crippen LogP contribution in [0.25, 0.3) is 0 Å². The van der Waals surface area contributed by atoms with Gasteiger partial charge >= 0.3 is 5.84 Å². The van der Waals surface area contributed by atoms with Crippen LogP contribution in [-0.4, -0.2) is 0 Å². The van der Waals surface area contributed by atoms with Gasteiger partial charge in [-0.25, -0.2) is 0 Å². The molecule has 0 aliphatic heterocycles. The molecular weight excluding hydrogens is 395 g/mol. The Bertz CT molecular complexity index is 809. The molecule has 0 amide bonds. The predicted molar refractivity (Wildman–Crippen MR) is 121 cm³/mol. The van der Waals surface area contributed by atoms with Gasteiger partial charge in [-0.3, -0.25) is 0 Å². The summed E-state index contributed by atoms with van der Waals surface area (Å²) in [6.45, 7) is 17.0. The minimum atomic E-state index is -3.05. The molecule has 0 aliphatic carbocycles. The predicted octanol–water partition coefficient (Wildman–Crippen LogP) is 7.82. The topological polar surface area (TPSA) is 18.5 Å². The number of halogens is 1. The molecule has 148 valence electrons. The van der Waals surface area contributed by atoms with Crippen molar-refractivity contribution >= 4 is 28.9 Å². The zero-order valence-corrected chi connectivity index (χ0v) is 20.0. The van der Waals surface area contributed by atoms with Crippen LogP contribution >= 0.6 is 17.1 Å². The van der Waals surface area contributed by atoms with Crippen LogP contribution in [0.5, 0.6) is 11.5 Å². The molecule has 0 fully saturated rings. The van der Waals surface area contributed by atoms with Gasteiger partial charge in [-0.2, -0.15) is 0 Å². The number of rotatable bonds is 4. The fourth-order valence-electron chi connectivity index (χ4n) is 2.87. The molecule has 2 aromatic carbocycles. The highest BCUT2D eigenvalue weighted by molar-refractivity contribution is 8.22. The van der Waals surface area contributed by atoms with E-state index in [0.717, 1.165) is 11.1 Å². The Balaban J connectivity index is 2.39. The Morgan fingerprint density at radius 1 is 0.741 bits per heavy atom. The van der Waals surface area contributed by atoms with Crippen molar-refractivity contribution in [1.82, 2.24) is 0 Å². The Kier molecular flexibility index (Phi) is 6.41. The van der Waals surface area contributed by atoms with Crippen LogP contribution < -0.4 is 9.05 Å². The quantitative estimate of drug-likeness (QED) is 0.466. The second-order valence-corrected chi connectivity index (χ2v) is 13.7. The molecule has 0 aromatic heterocycles. The molecular formula is C22H30ClO2PS. The lowest BCUT2D eigenvalue weighted by Crippen LogP contribution is -2.15. The number of hydrogen-bond donors (Lipinski definition) is 0. The molecule has 5 heteroatoms. The lowest BCUT2D eigenvalue weighted by Gasteiger charge is -2.28. The van der Waals surface area contributed by atoms with Crippen molar-refractivity contribution < 1.29 is 9.05 Å². The van der Waals surface area contributed by atoms with Gasteiger partial charge in [0.15, 0.2) is 0 Å². The minimum Gasteiger partial charge on any atom is -0.424 e. The zero-order chi connectivity index (χ0) is 20.6. The third-order valence-electron chi connectivity index (χ3n) is 4.30. The van der Waals surface area contributed by atoms with E-state index in [-0.39, 0.29) is 10.8 Å². The normalized spacial score (nSPS) is 12.8. The van der Waals surface area contributed by atoms with Crippen molar-refractivity contribution in [2.45, 2.75) is 66.2 Å². The molecule has 2 aromatic rings. The van der Waals surface area contributed by atoms with E-state index in [9.17, 15) is 0 Å². The molecule has 0 saturated carbocycles. The molecule has 2 nitrogen and oxygen atoms in total. The van der Waals surface area contributed by atoms with Gasteiger partial charge in [0, 0.05) is 22.9 Å². The first-order valence-corrected chi connectivity index (χ1v) is 12.6. The van der Waals surface area contributed by atoms with Crippen LogP contribution in [0, 0.1) is 13.8 Å². The third-order valence-corrected chi connectivity index (χ3v) is 5.99. The van der Waals surface area contributed by atoms with E-state index in [2.05, 4.69) is 67.5 Å². The van der Waals surface area contributed by atoms with E-state index in [1.807, 2.05) is 24.3 Å². The minimum absolute atomic E-state index is 0.0893. The summed E-state index contributed by atoms with van der Waals surface area (Å²) < 4.78 is 12.2. The summed E-state index contributed by atoms with van der Waals surface area (Å²) >= 11 is 12.2. The number of benzene rings is 2. The monoisotopic (exact) mass is 424 g/mol. The fraction of sp³-hybridized carbons (Fsp3) is 0.455. The van der Waals surface area contributed by atoms with Crippen LogP contribution in [0.2, 0.25) is 0 Å². The summed E-state index contributed by atoms with van der Waals surface area (Å²) in [6, 6.07) is 12.1. The van der Waals surface area contributed by atoms with Gasteiger partial charge in [-0.05, 0) is 48.1 Å². The lowest BCUT2D eigenvalue weighted by atomic mass is 9.85. The second-order valence-electron chi connectivity index (χ2n) is 9.11. The van der Waals surface area contributed by atoms with Gasteiger partial charge in [0.25, 0.3) is 0 Å². The fourth-order valence-corrected chi connectivity index (χ4v) is 4.63. The van der Waals surface area contributed by atoms with Crippen molar-refractivity contribution in [2.24, 2.45) is 0 Å². The van der Waals surface area contributed by atoms with E-state index in [1.165, 1.54) is 11.1 Å². The molecule has 2 rings (SSSR count). The Morgan fingerprint density at radius 2 is 1.07 bits per heavy atom. The largest absolute Gasteiger partial charge is 0.424 e. The summed E-state index contributed by atoms with van der Waals surface area (Å²) in [6.07, 6.45) is 0. The first-order valence-electron chi connectivity index (χ1n) is 9.10. The highest BCUT2D eigenvalue weighted by Crippen LogP contribution is 2.56. The van der Waals surface area contributed by atoms with E-state index in [1.54, 1.807) is 0 Å². The summed E-state index contributed by atoms with van der Waals surface area (Å²) in [5, 5.41) is 0. The van der Waals surface area contributed by atoms with Crippen LogP contribution in [0.4, 0.5) is 0 Å². The molecule has 0 saturated heterocycles. The van der Waals surface area contributed by atoms with Crippen molar-refractivity contribution in [3.63, 3.8) is 0 Å². The van der Waals surface area contributed by atoms with Crippen LogP contribution in [0.15, 0.2) is 36.4 Å². The molecule has 0 aliphatic rings. The third kappa shape index (κ3) is 5.98. The lowest BCUT2D eigenvalue weighted by molar-refractivity contribution is 0.471. The standard InChI is InChI=1S/C22H30ClO2PS/c1-15-9-11-19(17(13-15)21(3,4)5)24-26(23,27)25-20-12-10-16(2)14-18(20)22(6,7)8/h9-14H,1-8H3. The van der Waals surface area contributed by atoms with Crippen molar-refractivity contribution in [2.75, 3.05) is 0 Å². The summed E-state index contributed by atoms with van der Waals surface area (Å²) in [7, 11) is 0. The molecule has 0 radical (unpaired) electrons. The first kappa shape index (κ1) is 22.3. The maximum Gasteiger partial charge on any atom is 0.384 e. The molecule has 27 heavy (non-hydrogen) atoms. The van der Waals surface area contributed by atoms with Gasteiger partial charge in [0.05, 0.1) is 0 Å². The van der Waals surface area contributed by atoms with Crippen LogP contribution in [0.3, 0.4) is 0 Å². The van der Waals surface area contributed by atoms with Crippen molar-refractivity contribution in [3.8, 4) is 11.5 Å². The Hall–Kier alpha value is -1.02. The van der Waals surface area contributed by atoms with E-state index in [0.29, 0.717) is 11.5 Å². The van der Waals surface area contributed by atoms with E-state index >= 15 is 0 Å². The number of hydrogen-bond acceptors (Lipinski definition) is 3. The average molecular weight is 425 g/mol. The molecule has 0 heterocycles. The van der Waals surface area contributed by atoms with Crippen LogP contribution in [0.1, 0.15) is 63.8 Å². The average Bonchev–Trinajstić information content (AvgIpc) is 2.48. The summed E-state index contributed by atoms with van der Waals surface area (Å²) in [5.74, 6) is -1.67. The van der Waals surface area contributed by atoms with Crippen LogP contribution in [-0.2, 0) is 22.6 Å². The zero-order valence-electron chi connectivity index (χ0n) is 17.5. The SMILES string of the molecule is Cc1ccc(OP(=S)(Cl)Oc2ccc(C)cc2C(C)(C)C)c(C(C)(C)C)c1. The highest BCUT2D eigenvalue weighted by Gasteiger charge is 2.28. The summed E-state index contributed by atoms with van der Waals surface area (Å²) in [4.78, 5) is 0. The van der Waals surface area contributed by atoms with Gasteiger partial charge in [-0.1, -0.05) is 76.9 Å². The van der Waals surface area contributed by atoms with E-state index in [4.69, 9.17) is 32.1 Å². The van der Waals surface area contributed by atoms with Gasteiger partial charge < -0.3 is 9.05 Å². The molecule has 0 N–H and O–H groups in total. The smallest absolute Gasteiger partial charge is 0.384 e. The summed E-state index contributed by atoms with van der Waals surface area (Å²) in [5.41, 5.74) is 4.30. The second kappa shape index (κ2) is 7.78. The molecule has 0 atom stereocenters. The maximum absolute atomic E-state index is 6.61. The Labute approximate surface area is 174 Å². The van der Waals surface area contributed by atoms with Gasteiger partial charge in [-0.15, -0.1) is 0 Å². The number of aryl methyl sites for hydroxylation is 2. The maximum atomic E-state index is 6.61. The van der Waals surface area contributed by atoms with Crippen molar-refractivity contribution in [3.05, 3.63) is 58.7 Å². The molecule has 0 unspecified atom stereocenters. The van der Waals surface area contributed by atoms with Gasteiger partial charge in [0.2, 0.25) is 0 Å². The van der Waals surface area contributed by atoms with Crippen molar-refractivity contribution in [1.29, 1.82) is 0 Å². The molecule has 0 spiro atoms.